The number of benzene rings is 4. The number of aliphatic hydroxyl groups excluding tert-OH is 1. The molecule has 0 aliphatic heterocycles. The highest BCUT2D eigenvalue weighted by Gasteiger charge is 2.13. The second-order valence-electron chi connectivity index (χ2n) is 5.46. The normalized spacial score (nSPS) is 11.0. The molecule has 4 aromatic rings. The Balaban J connectivity index is 2.12. The van der Waals surface area contributed by atoms with E-state index in [1.165, 1.54) is 10.8 Å². The number of aliphatic hydroxyl groups is 1. The Labute approximate surface area is 134 Å². The van der Waals surface area contributed by atoms with Gasteiger partial charge in [-0.3, -0.25) is 0 Å². The molecule has 0 heterocycles. The predicted octanol–water partition coefficient (Wildman–Crippen LogP) is 4.99. The summed E-state index contributed by atoms with van der Waals surface area (Å²) in [6.45, 7) is -0.337. The van der Waals surface area contributed by atoms with E-state index in [-0.39, 0.29) is 6.79 Å². The molecule has 0 aliphatic rings. The summed E-state index contributed by atoms with van der Waals surface area (Å²) in [5.41, 5.74) is 2.14. The molecular formula is C21H16O2. The van der Waals surface area contributed by atoms with Crippen LogP contribution in [0.2, 0.25) is 0 Å². The van der Waals surface area contributed by atoms with Gasteiger partial charge in [0, 0.05) is 5.56 Å². The molecule has 0 aliphatic carbocycles. The van der Waals surface area contributed by atoms with Gasteiger partial charge < -0.3 is 9.84 Å². The van der Waals surface area contributed by atoms with E-state index in [1.54, 1.807) is 0 Å². The zero-order chi connectivity index (χ0) is 15.6. The lowest BCUT2D eigenvalue weighted by molar-refractivity contribution is 0.0992. The molecule has 4 rings (SSSR count). The first-order valence-corrected chi connectivity index (χ1v) is 7.62. The van der Waals surface area contributed by atoms with Crippen LogP contribution in [0, 0.1) is 0 Å². The van der Waals surface area contributed by atoms with Crippen molar-refractivity contribution in [3.05, 3.63) is 78.9 Å². The third-order valence-corrected chi connectivity index (χ3v) is 4.17. The average Bonchev–Trinajstić information content (AvgIpc) is 2.61. The molecule has 0 unspecified atom stereocenters. The Morgan fingerprint density at radius 1 is 0.652 bits per heavy atom. The van der Waals surface area contributed by atoms with Crippen LogP contribution in [-0.2, 0) is 0 Å². The Morgan fingerprint density at radius 2 is 1.30 bits per heavy atom. The summed E-state index contributed by atoms with van der Waals surface area (Å²) in [5.74, 6) is 0.697. The summed E-state index contributed by atoms with van der Waals surface area (Å²) in [5, 5.41) is 13.9. The maximum absolute atomic E-state index is 9.25. The van der Waals surface area contributed by atoms with Gasteiger partial charge in [-0.25, -0.2) is 0 Å². The number of rotatable bonds is 3. The topological polar surface area (TPSA) is 29.5 Å². The number of hydrogen-bond acceptors (Lipinski definition) is 2. The highest BCUT2D eigenvalue weighted by atomic mass is 16.6. The van der Waals surface area contributed by atoms with Gasteiger partial charge in [0.1, 0.15) is 5.75 Å². The van der Waals surface area contributed by atoms with Crippen LogP contribution in [-0.4, -0.2) is 11.9 Å². The van der Waals surface area contributed by atoms with Gasteiger partial charge in [-0.2, -0.15) is 0 Å². The molecule has 0 radical (unpaired) electrons. The standard InChI is InChI=1S/C21H16O2/c22-14-23-20-13-12-16-7-2-4-10-18(16)21(20)19-11-5-8-15-6-1-3-9-17(15)19/h1-13,22H,14H2. The zero-order valence-corrected chi connectivity index (χ0v) is 12.6. The van der Waals surface area contributed by atoms with E-state index in [2.05, 4.69) is 42.5 Å². The molecule has 1 N–H and O–H groups in total. The van der Waals surface area contributed by atoms with Gasteiger partial charge in [0.15, 0.2) is 6.79 Å². The van der Waals surface area contributed by atoms with Crippen molar-refractivity contribution in [2.45, 2.75) is 0 Å². The number of fused-ring (bicyclic) bond motifs is 2. The van der Waals surface area contributed by atoms with Crippen LogP contribution in [0.4, 0.5) is 0 Å². The zero-order valence-electron chi connectivity index (χ0n) is 12.6. The van der Waals surface area contributed by atoms with Crippen LogP contribution in [0.3, 0.4) is 0 Å². The van der Waals surface area contributed by atoms with Crippen molar-refractivity contribution in [3.8, 4) is 16.9 Å². The van der Waals surface area contributed by atoms with Crippen molar-refractivity contribution in [2.75, 3.05) is 6.79 Å². The maximum Gasteiger partial charge on any atom is 0.186 e. The van der Waals surface area contributed by atoms with Crippen molar-refractivity contribution >= 4 is 21.5 Å². The molecule has 0 saturated heterocycles. The van der Waals surface area contributed by atoms with Gasteiger partial charge in [0.2, 0.25) is 0 Å². The van der Waals surface area contributed by atoms with E-state index in [4.69, 9.17) is 4.74 Å². The molecule has 112 valence electrons. The summed E-state index contributed by atoms with van der Waals surface area (Å²) in [6, 6.07) is 26.8. The second-order valence-corrected chi connectivity index (χ2v) is 5.46. The van der Waals surface area contributed by atoms with E-state index in [9.17, 15) is 5.11 Å². The van der Waals surface area contributed by atoms with E-state index in [1.807, 2.05) is 36.4 Å². The first-order chi connectivity index (χ1) is 11.4. The first kappa shape index (κ1) is 13.8. The second kappa shape index (κ2) is 5.75. The molecule has 0 spiro atoms. The van der Waals surface area contributed by atoms with Crippen molar-refractivity contribution in [1.82, 2.24) is 0 Å². The molecular weight excluding hydrogens is 284 g/mol. The summed E-state index contributed by atoms with van der Waals surface area (Å²) in [4.78, 5) is 0. The lowest BCUT2D eigenvalue weighted by atomic mass is 9.93. The minimum atomic E-state index is -0.337. The molecule has 0 saturated carbocycles. The maximum atomic E-state index is 9.25. The molecule has 23 heavy (non-hydrogen) atoms. The van der Waals surface area contributed by atoms with Gasteiger partial charge in [-0.15, -0.1) is 0 Å². The largest absolute Gasteiger partial charge is 0.467 e. The molecule has 0 amide bonds. The van der Waals surface area contributed by atoms with Crippen LogP contribution in [0.15, 0.2) is 78.9 Å². The van der Waals surface area contributed by atoms with Crippen LogP contribution in [0.5, 0.6) is 5.75 Å². The molecule has 0 bridgehead atoms. The summed E-state index contributed by atoms with van der Waals surface area (Å²) in [7, 11) is 0. The Kier molecular flexibility index (Phi) is 3.45. The van der Waals surface area contributed by atoms with Crippen molar-refractivity contribution < 1.29 is 9.84 Å². The monoisotopic (exact) mass is 300 g/mol. The molecule has 0 atom stereocenters. The molecule has 4 aromatic carbocycles. The average molecular weight is 300 g/mol. The highest BCUT2D eigenvalue weighted by molar-refractivity contribution is 6.07. The van der Waals surface area contributed by atoms with Crippen LogP contribution in [0.1, 0.15) is 0 Å². The van der Waals surface area contributed by atoms with Gasteiger partial charge in [-0.1, -0.05) is 72.8 Å². The summed E-state index contributed by atoms with van der Waals surface area (Å²) in [6.07, 6.45) is 0. The van der Waals surface area contributed by atoms with E-state index in [0.29, 0.717) is 5.75 Å². The van der Waals surface area contributed by atoms with Crippen LogP contribution in [0.25, 0.3) is 32.7 Å². The van der Waals surface area contributed by atoms with Gasteiger partial charge in [0.05, 0.1) is 0 Å². The van der Waals surface area contributed by atoms with Crippen LogP contribution < -0.4 is 4.74 Å². The first-order valence-electron chi connectivity index (χ1n) is 7.62. The molecule has 0 aromatic heterocycles. The Bertz CT molecular complexity index is 984. The van der Waals surface area contributed by atoms with E-state index < -0.39 is 0 Å². The molecule has 2 nitrogen and oxygen atoms in total. The van der Waals surface area contributed by atoms with Crippen molar-refractivity contribution in [1.29, 1.82) is 0 Å². The van der Waals surface area contributed by atoms with Gasteiger partial charge in [0.25, 0.3) is 0 Å². The summed E-state index contributed by atoms with van der Waals surface area (Å²) >= 11 is 0. The fraction of sp³-hybridized carbons (Fsp3) is 0.0476. The van der Waals surface area contributed by atoms with E-state index >= 15 is 0 Å². The predicted molar refractivity (Wildman–Crippen MR) is 94.6 cm³/mol. The minimum Gasteiger partial charge on any atom is -0.467 e. The van der Waals surface area contributed by atoms with Crippen LogP contribution >= 0.6 is 0 Å². The third kappa shape index (κ3) is 2.33. The minimum absolute atomic E-state index is 0.337. The van der Waals surface area contributed by atoms with Crippen molar-refractivity contribution in [2.24, 2.45) is 0 Å². The molecule has 2 heteroatoms. The van der Waals surface area contributed by atoms with Crippen molar-refractivity contribution in [3.63, 3.8) is 0 Å². The molecule has 0 fully saturated rings. The lowest BCUT2D eigenvalue weighted by Gasteiger charge is -2.15. The smallest absolute Gasteiger partial charge is 0.186 e. The van der Waals surface area contributed by atoms with Gasteiger partial charge >= 0.3 is 0 Å². The Morgan fingerprint density at radius 3 is 2.09 bits per heavy atom. The SMILES string of the molecule is OCOc1ccc2ccccc2c1-c1cccc2ccccc12. The fourth-order valence-electron chi connectivity index (χ4n) is 3.16. The highest BCUT2D eigenvalue weighted by Crippen LogP contribution is 2.40. The third-order valence-electron chi connectivity index (χ3n) is 4.17. The fourth-order valence-corrected chi connectivity index (χ4v) is 3.16. The Hall–Kier alpha value is -2.84. The van der Waals surface area contributed by atoms with E-state index in [0.717, 1.165) is 21.9 Å². The summed E-state index contributed by atoms with van der Waals surface area (Å²) < 4.78 is 5.50. The van der Waals surface area contributed by atoms with Gasteiger partial charge in [-0.05, 0) is 33.2 Å². The quantitative estimate of drug-likeness (QED) is 0.540. The lowest BCUT2D eigenvalue weighted by Crippen LogP contribution is -1.97. The number of ether oxygens (including phenoxy) is 1. The number of hydrogen-bond donors (Lipinski definition) is 1.